The number of nitrogens with one attached hydrogen (secondary N) is 1. The summed E-state index contributed by atoms with van der Waals surface area (Å²) in [6, 6.07) is 11.6. The highest BCUT2D eigenvalue weighted by molar-refractivity contribution is 6.42. The monoisotopic (exact) mass is 327 g/mol. The van der Waals surface area contributed by atoms with E-state index in [0.717, 1.165) is 28.3 Å². The highest BCUT2D eigenvalue weighted by atomic mass is 35.5. The summed E-state index contributed by atoms with van der Waals surface area (Å²) in [7, 11) is 0. The Morgan fingerprint density at radius 1 is 0.950 bits per heavy atom. The average molecular weight is 329 g/mol. The van der Waals surface area contributed by atoms with Gasteiger partial charge in [0.2, 0.25) is 0 Å². The lowest BCUT2D eigenvalue weighted by Crippen LogP contribution is -2.23. The minimum Gasteiger partial charge on any atom is -0.306 e. The van der Waals surface area contributed by atoms with Crippen LogP contribution in [0.15, 0.2) is 36.4 Å². The summed E-state index contributed by atoms with van der Waals surface area (Å²) in [4.78, 5) is 0. The van der Waals surface area contributed by atoms with Gasteiger partial charge in [0.15, 0.2) is 0 Å². The van der Waals surface area contributed by atoms with E-state index in [1.165, 1.54) is 0 Å². The van der Waals surface area contributed by atoms with Crippen LogP contribution in [0.1, 0.15) is 29.7 Å². The second-order valence-electron chi connectivity index (χ2n) is 4.59. The molecular formula is C16H16Cl3N. The summed E-state index contributed by atoms with van der Waals surface area (Å²) in [6.07, 6.45) is 0. The number of rotatable bonds is 4. The molecule has 0 spiro atoms. The van der Waals surface area contributed by atoms with Gasteiger partial charge < -0.3 is 5.32 Å². The van der Waals surface area contributed by atoms with Crippen LogP contribution in [0.2, 0.25) is 15.1 Å². The second-order valence-corrected chi connectivity index (χ2v) is 5.78. The van der Waals surface area contributed by atoms with Gasteiger partial charge in [-0.05, 0) is 42.3 Å². The summed E-state index contributed by atoms with van der Waals surface area (Å²) in [5, 5.41) is 5.35. The van der Waals surface area contributed by atoms with Crippen LogP contribution in [0.4, 0.5) is 0 Å². The fourth-order valence-electron chi connectivity index (χ4n) is 2.27. The van der Waals surface area contributed by atoms with E-state index in [4.69, 9.17) is 34.8 Å². The first-order chi connectivity index (χ1) is 9.56. The van der Waals surface area contributed by atoms with E-state index < -0.39 is 0 Å². The molecule has 0 aliphatic heterocycles. The third-order valence-electron chi connectivity index (χ3n) is 3.32. The van der Waals surface area contributed by atoms with Gasteiger partial charge >= 0.3 is 0 Å². The molecule has 0 amide bonds. The second kappa shape index (κ2) is 6.82. The number of halogens is 3. The van der Waals surface area contributed by atoms with Crippen LogP contribution in [-0.2, 0) is 0 Å². The standard InChI is InChI=1S/C16H16Cl3N/c1-3-20-16(11-6-4-8-13(17)10(11)2)12-7-5-9-14(18)15(12)19/h4-9,16,20H,3H2,1-2H3. The van der Waals surface area contributed by atoms with Gasteiger partial charge in [-0.15, -0.1) is 0 Å². The maximum absolute atomic E-state index is 6.36. The van der Waals surface area contributed by atoms with Gasteiger partial charge in [0.05, 0.1) is 16.1 Å². The van der Waals surface area contributed by atoms with Crippen molar-refractivity contribution in [2.24, 2.45) is 0 Å². The summed E-state index contributed by atoms with van der Waals surface area (Å²) in [6.45, 7) is 4.89. The van der Waals surface area contributed by atoms with E-state index in [2.05, 4.69) is 18.3 Å². The van der Waals surface area contributed by atoms with Gasteiger partial charge in [-0.2, -0.15) is 0 Å². The molecule has 2 aromatic carbocycles. The predicted octanol–water partition coefficient (Wildman–Crippen LogP) is 5.65. The molecule has 4 heteroatoms. The van der Waals surface area contributed by atoms with E-state index in [-0.39, 0.29) is 6.04 Å². The lowest BCUT2D eigenvalue weighted by Gasteiger charge is -2.23. The van der Waals surface area contributed by atoms with E-state index >= 15 is 0 Å². The molecule has 0 saturated carbocycles. The summed E-state index contributed by atoms with van der Waals surface area (Å²) >= 11 is 18.7. The minimum atomic E-state index is -0.0232. The van der Waals surface area contributed by atoms with Crippen LogP contribution in [0.5, 0.6) is 0 Å². The van der Waals surface area contributed by atoms with Crippen LogP contribution in [0, 0.1) is 6.92 Å². The Hall–Kier alpha value is -0.730. The van der Waals surface area contributed by atoms with Crippen molar-refractivity contribution in [3.8, 4) is 0 Å². The first kappa shape index (κ1) is 15.7. The van der Waals surface area contributed by atoms with Gasteiger partial charge in [0, 0.05) is 5.02 Å². The molecule has 1 nitrogen and oxygen atoms in total. The van der Waals surface area contributed by atoms with Crippen molar-refractivity contribution in [3.63, 3.8) is 0 Å². The topological polar surface area (TPSA) is 12.0 Å². The maximum atomic E-state index is 6.36. The molecule has 0 saturated heterocycles. The molecule has 1 atom stereocenters. The van der Waals surface area contributed by atoms with Crippen LogP contribution in [0.25, 0.3) is 0 Å². The first-order valence-electron chi connectivity index (χ1n) is 6.48. The Kier molecular flexibility index (Phi) is 5.34. The zero-order valence-electron chi connectivity index (χ0n) is 11.4. The predicted molar refractivity (Wildman–Crippen MR) is 88.2 cm³/mol. The molecular weight excluding hydrogens is 313 g/mol. The molecule has 1 unspecified atom stereocenters. The lowest BCUT2D eigenvalue weighted by molar-refractivity contribution is 0.628. The highest BCUT2D eigenvalue weighted by Crippen LogP contribution is 2.35. The van der Waals surface area contributed by atoms with Crippen molar-refractivity contribution >= 4 is 34.8 Å². The molecule has 0 aromatic heterocycles. The maximum Gasteiger partial charge on any atom is 0.0643 e. The molecule has 0 bridgehead atoms. The number of benzene rings is 2. The SMILES string of the molecule is CCNC(c1cccc(Cl)c1C)c1cccc(Cl)c1Cl. The highest BCUT2D eigenvalue weighted by Gasteiger charge is 2.19. The van der Waals surface area contributed by atoms with Gasteiger partial charge in [0.1, 0.15) is 0 Å². The Bertz CT molecular complexity index is 559. The Labute approximate surface area is 134 Å². The largest absolute Gasteiger partial charge is 0.306 e. The van der Waals surface area contributed by atoms with Crippen LogP contribution in [-0.4, -0.2) is 6.54 Å². The van der Waals surface area contributed by atoms with Crippen LogP contribution in [0.3, 0.4) is 0 Å². The Morgan fingerprint density at radius 2 is 1.55 bits per heavy atom. The van der Waals surface area contributed by atoms with E-state index in [9.17, 15) is 0 Å². The normalized spacial score (nSPS) is 12.4. The molecule has 0 radical (unpaired) electrons. The molecule has 106 valence electrons. The number of hydrogen-bond donors (Lipinski definition) is 1. The summed E-state index contributed by atoms with van der Waals surface area (Å²) in [5.74, 6) is 0. The smallest absolute Gasteiger partial charge is 0.0643 e. The van der Waals surface area contributed by atoms with Crippen LogP contribution < -0.4 is 5.32 Å². The van der Waals surface area contributed by atoms with Gasteiger partial charge in [-0.3, -0.25) is 0 Å². The quantitative estimate of drug-likeness (QED) is 0.764. The molecule has 0 aliphatic rings. The zero-order valence-corrected chi connectivity index (χ0v) is 13.7. The van der Waals surface area contributed by atoms with Crippen molar-refractivity contribution in [2.75, 3.05) is 6.54 Å². The summed E-state index contributed by atoms with van der Waals surface area (Å²) < 4.78 is 0. The van der Waals surface area contributed by atoms with E-state index in [1.807, 2.05) is 31.2 Å². The van der Waals surface area contributed by atoms with Gasteiger partial charge in [-0.25, -0.2) is 0 Å². The lowest BCUT2D eigenvalue weighted by atomic mass is 9.95. The van der Waals surface area contributed by atoms with Crippen molar-refractivity contribution in [1.82, 2.24) is 5.32 Å². The molecule has 2 aromatic rings. The molecule has 1 N–H and O–H groups in total. The zero-order chi connectivity index (χ0) is 14.7. The van der Waals surface area contributed by atoms with Crippen molar-refractivity contribution in [1.29, 1.82) is 0 Å². The minimum absolute atomic E-state index is 0.0232. The molecule has 0 aliphatic carbocycles. The molecule has 0 heterocycles. The van der Waals surface area contributed by atoms with Crippen LogP contribution >= 0.6 is 34.8 Å². The van der Waals surface area contributed by atoms with Gasteiger partial charge in [0.25, 0.3) is 0 Å². The molecule has 2 rings (SSSR count). The molecule has 0 fully saturated rings. The van der Waals surface area contributed by atoms with E-state index in [0.29, 0.717) is 10.0 Å². The Balaban J connectivity index is 2.56. The average Bonchev–Trinajstić information content (AvgIpc) is 2.43. The van der Waals surface area contributed by atoms with Crippen molar-refractivity contribution < 1.29 is 0 Å². The summed E-state index contributed by atoms with van der Waals surface area (Å²) in [5.41, 5.74) is 3.13. The third-order valence-corrected chi connectivity index (χ3v) is 4.56. The fourth-order valence-corrected chi connectivity index (χ4v) is 2.87. The van der Waals surface area contributed by atoms with Gasteiger partial charge in [-0.1, -0.05) is 66.0 Å². The Morgan fingerprint density at radius 3 is 2.20 bits per heavy atom. The fraction of sp³-hybridized carbons (Fsp3) is 0.250. The number of hydrogen-bond acceptors (Lipinski definition) is 1. The first-order valence-corrected chi connectivity index (χ1v) is 7.62. The molecule has 20 heavy (non-hydrogen) atoms. The van der Waals surface area contributed by atoms with Crippen molar-refractivity contribution in [2.45, 2.75) is 19.9 Å². The van der Waals surface area contributed by atoms with Crippen molar-refractivity contribution in [3.05, 3.63) is 68.2 Å². The van der Waals surface area contributed by atoms with E-state index in [1.54, 1.807) is 6.07 Å². The third kappa shape index (κ3) is 3.12.